The summed E-state index contributed by atoms with van der Waals surface area (Å²) < 4.78 is 15.7. The Hall–Kier alpha value is -3.22. The molecule has 2 aromatic carbocycles. The molecule has 1 amide bonds. The Labute approximate surface area is 151 Å². The average molecular weight is 359 g/mol. The van der Waals surface area contributed by atoms with Crippen LogP contribution in [0.1, 0.15) is 21.5 Å². The van der Waals surface area contributed by atoms with Gasteiger partial charge in [0.1, 0.15) is 17.2 Å². The van der Waals surface area contributed by atoms with Crippen molar-refractivity contribution in [1.82, 2.24) is 0 Å². The topological polar surface area (TPSA) is 94.1 Å². The van der Waals surface area contributed by atoms with Crippen molar-refractivity contribution in [2.75, 3.05) is 26.1 Å². The van der Waals surface area contributed by atoms with Gasteiger partial charge in [-0.1, -0.05) is 0 Å². The Morgan fingerprint density at radius 3 is 2.23 bits per heavy atom. The van der Waals surface area contributed by atoms with E-state index in [4.69, 9.17) is 19.3 Å². The van der Waals surface area contributed by atoms with Crippen LogP contribution in [-0.2, 0) is 4.79 Å². The number of hydrogen-bond donors (Lipinski definition) is 2. The summed E-state index contributed by atoms with van der Waals surface area (Å²) in [4.78, 5) is 23.3. The molecule has 0 aliphatic carbocycles. The third-order valence-corrected chi connectivity index (χ3v) is 3.72. The zero-order valence-corrected chi connectivity index (χ0v) is 15.1. The molecule has 0 bridgehead atoms. The molecule has 0 atom stereocenters. The highest BCUT2D eigenvalue weighted by Crippen LogP contribution is 2.30. The Bertz CT molecular complexity index is 808. The van der Waals surface area contributed by atoms with E-state index in [0.29, 0.717) is 39.6 Å². The van der Waals surface area contributed by atoms with Crippen molar-refractivity contribution < 1.29 is 28.9 Å². The first kappa shape index (κ1) is 19.1. The van der Waals surface area contributed by atoms with Crippen molar-refractivity contribution in [2.45, 2.75) is 13.8 Å². The van der Waals surface area contributed by atoms with Crippen LogP contribution < -0.4 is 19.5 Å². The van der Waals surface area contributed by atoms with Crippen molar-refractivity contribution >= 4 is 17.6 Å². The molecule has 2 aromatic rings. The highest BCUT2D eigenvalue weighted by atomic mass is 16.5. The summed E-state index contributed by atoms with van der Waals surface area (Å²) in [5.74, 6) is 0.187. The maximum Gasteiger partial charge on any atom is 0.341 e. The highest BCUT2D eigenvalue weighted by Gasteiger charge is 2.15. The van der Waals surface area contributed by atoms with Gasteiger partial charge in [-0.2, -0.15) is 0 Å². The minimum absolute atomic E-state index is 0.315. The van der Waals surface area contributed by atoms with Crippen LogP contribution in [0.25, 0.3) is 0 Å². The molecule has 0 spiro atoms. The van der Waals surface area contributed by atoms with Crippen LogP contribution in [0.4, 0.5) is 5.69 Å². The number of aryl methyl sites for hydroxylation is 2. The van der Waals surface area contributed by atoms with Gasteiger partial charge < -0.3 is 24.6 Å². The number of carboxylic acids is 1. The Morgan fingerprint density at radius 2 is 1.69 bits per heavy atom. The third-order valence-electron chi connectivity index (χ3n) is 3.72. The number of methoxy groups -OCH3 is 2. The second kappa shape index (κ2) is 8.24. The number of rotatable bonds is 7. The molecule has 7 nitrogen and oxygen atoms in total. The van der Waals surface area contributed by atoms with E-state index in [0.717, 1.165) is 0 Å². The van der Waals surface area contributed by atoms with Crippen LogP contribution in [0.15, 0.2) is 30.3 Å². The molecule has 0 unspecified atom stereocenters. The van der Waals surface area contributed by atoms with Crippen molar-refractivity contribution in [1.29, 1.82) is 0 Å². The van der Waals surface area contributed by atoms with Crippen molar-refractivity contribution in [3.8, 4) is 17.2 Å². The smallest absolute Gasteiger partial charge is 0.341 e. The van der Waals surface area contributed by atoms with E-state index in [2.05, 4.69) is 5.32 Å². The quantitative estimate of drug-likeness (QED) is 0.789. The lowest BCUT2D eigenvalue weighted by Gasteiger charge is -2.14. The molecule has 0 radical (unpaired) electrons. The molecule has 2 rings (SSSR count). The number of hydrogen-bond acceptors (Lipinski definition) is 5. The SMILES string of the molecule is COc1ccc(NC(=O)c2cc(C)c(OCC(=O)O)c(C)c2)c(OC)c1. The summed E-state index contributed by atoms with van der Waals surface area (Å²) >= 11 is 0. The molecule has 2 N–H and O–H groups in total. The lowest BCUT2D eigenvalue weighted by molar-refractivity contribution is -0.139. The molecule has 0 saturated carbocycles. The first-order valence-corrected chi connectivity index (χ1v) is 7.85. The zero-order chi connectivity index (χ0) is 19.3. The largest absolute Gasteiger partial charge is 0.497 e. The Balaban J connectivity index is 2.24. The zero-order valence-electron chi connectivity index (χ0n) is 15.1. The van der Waals surface area contributed by atoms with Crippen molar-refractivity contribution in [3.63, 3.8) is 0 Å². The van der Waals surface area contributed by atoms with Crippen molar-refractivity contribution in [3.05, 3.63) is 47.0 Å². The lowest BCUT2D eigenvalue weighted by Crippen LogP contribution is -2.15. The first-order chi connectivity index (χ1) is 12.3. The van der Waals surface area contributed by atoms with Crippen LogP contribution in [-0.4, -0.2) is 37.8 Å². The fourth-order valence-electron chi connectivity index (χ4n) is 2.54. The van der Waals surface area contributed by atoms with Gasteiger partial charge in [0.2, 0.25) is 0 Å². The highest BCUT2D eigenvalue weighted by molar-refractivity contribution is 6.05. The molecular weight excluding hydrogens is 338 g/mol. The minimum atomic E-state index is -1.06. The summed E-state index contributed by atoms with van der Waals surface area (Å²) in [5.41, 5.74) is 2.30. The predicted molar refractivity (Wildman–Crippen MR) is 96.5 cm³/mol. The molecule has 0 saturated heterocycles. The lowest BCUT2D eigenvalue weighted by atomic mass is 10.0. The molecular formula is C19H21NO6. The van der Waals surface area contributed by atoms with Crippen LogP contribution in [0.5, 0.6) is 17.2 Å². The molecule has 26 heavy (non-hydrogen) atoms. The summed E-state index contributed by atoms with van der Waals surface area (Å²) in [6.45, 7) is 3.08. The molecule has 0 fully saturated rings. The Kier molecular flexibility index (Phi) is 6.06. The minimum Gasteiger partial charge on any atom is -0.497 e. The van der Waals surface area contributed by atoms with Crippen molar-refractivity contribution in [2.24, 2.45) is 0 Å². The molecule has 0 heterocycles. The van der Waals surface area contributed by atoms with Crippen LogP contribution in [0, 0.1) is 13.8 Å². The predicted octanol–water partition coefficient (Wildman–Crippen LogP) is 3.04. The number of carboxylic acid groups (broad SMARTS) is 1. The van der Waals surface area contributed by atoms with Gasteiger partial charge in [-0.25, -0.2) is 4.79 Å². The number of carbonyl (C=O) groups excluding carboxylic acids is 1. The van der Waals surface area contributed by atoms with Gasteiger partial charge >= 0.3 is 5.97 Å². The van der Waals surface area contributed by atoms with Gasteiger partial charge in [0, 0.05) is 11.6 Å². The maximum absolute atomic E-state index is 12.6. The normalized spacial score (nSPS) is 10.2. The van der Waals surface area contributed by atoms with Gasteiger partial charge in [-0.05, 0) is 49.2 Å². The fraction of sp³-hybridized carbons (Fsp3) is 0.263. The molecule has 0 aliphatic heterocycles. The average Bonchev–Trinajstić information content (AvgIpc) is 2.60. The first-order valence-electron chi connectivity index (χ1n) is 7.85. The summed E-state index contributed by atoms with van der Waals surface area (Å²) in [6.07, 6.45) is 0. The summed E-state index contributed by atoms with van der Waals surface area (Å²) in [6, 6.07) is 8.39. The van der Waals surface area contributed by atoms with Crippen LogP contribution >= 0.6 is 0 Å². The third kappa shape index (κ3) is 4.44. The second-order valence-electron chi connectivity index (χ2n) is 5.64. The van der Waals surface area contributed by atoms with Gasteiger partial charge in [-0.15, -0.1) is 0 Å². The molecule has 7 heteroatoms. The van der Waals surface area contributed by atoms with E-state index in [-0.39, 0.29) is 5.91 Å². The van der Waals surface area contributed by atoms with Crippen LogP contribution in [0.2, 0.25) is 0 Å². The monoisotopic (exact) mass is 359 g/mol. The molecule has 0 aromatic heterocycles. The number of anilines is 1. The summed E-state index contributed by atoms with van der Waals surface area (Å²) in [5, 5.41) is 11.5. The maximum atomic E-state index is 12.6. The number of benzene rings is 2. The molecule has 138 valence electrons. The van der Waals surface area contributed by atoms with Gasteiger partial charge in [-0.3, -0.25) is 4.79 Å². The van der Waals surface area contributed by atoms with E-state index >= 15 is 0 Å². The standard InChI is InChI=1S/C19H21NO6/c1-11-7-13(8-12(2)18(11)26-10-17(21)22)19(23)20-15-6-5-14(24-3)9-16(15)25-4/h5-9H,10H2,1-4H3,(H,20,23)(H,21,22). The Morgan fingerprint density at radius 1 is 1.04 bits per heavy atom. The van der Waals surface area contributed by atoms with E-state index in [9.17, 15) is 9.59 Å². The van der Waals surface area contributed by atoms with Gasteiger partial charge in [0.25, 0.3) is 5.91 Å². The van der Waals surface area contributed by atoms with E-state index in [1.165, 1.54) is 7.11 Å². The van der Waals surface area contributed by atoms with Crippen LogP contribution in [0.3, 0.4) is 0 Å². The van der Waals surface area contributed by atoms with Gasteiger partial charge in [0.05, 0.1) is 19.9 Å². The number of nitrogens with one attached hydrogen (secondary N) is 1. The molecule has 0 aliphatic rings. The fourth-order valence-corrected chi connectivity index (χ4v) is 2.54. The van der Waals surface area contributed by atoms with Gasteiger partial charge in [0.15, 0.2) is 6.61 Å². The summed E-state index contributed by atoms with van der Waals surface area (Å²) in [7, 11) is 3.06. The van der Waals surface area contributed by atoms with E-state index < -0.39 is 12.6 Å². The second-order valence-corrected chi connectivity index (χ2v) is 5.64. The number of carbonyl (C=O) groups is 2. The number of ether oxygens (including phenoxy) is 3. The number of aliphatic carboxylic acids is 1. The van der Waals surface area contributed by atoms with E-state index in [1.54, 1.807) is 51.3 Å². The van der Waals surface area contributed by atoms with E-state index in [1.807, 2.05) is 0 Å². The number of amides is 1.